The first kappa shape index (κ1) is 9.39. The number of nitrogens with zero attached hydrogens (tertiary/aromatic N) is 1. The molecule has 0 aromatic heterocycles. The number of hydrogen-bond donors (Lipinski definition) is 1. The summed E-state index contributed by atoms with van der Waals surface area (Å²) in [5.41, 5.74) is 0. The molecule has 60 valence electrons. The van der Waals surface area contributed by atoms with Crippen molar-refractivity contribution in [3.8, 4) is 0 Å². The summed E-state index contributed by atoms with van der Waals surface area (Å²) in [5.74, 6) is -0.935. The number of likely N-dealkylation sites (N-methyl/N-ethyl adjacent to an activating group) is 1. The van der Waals surface area contributed by atoms with Crippen LogP contribution in [0.25, 0.3) is 0 Å². The van der Waals surface area contributed by atoms with Crippen LogP contribution in [0.3, 0.4) is 0 Å². The molecule has 0 heterocycles. The third kappa shape index (κ3) is 2.33. The average Bonchev–Trinajstić information content (AvgIpc) is 1.60. The van der Waals surface area contributed by atoms with Gasteiger partial charge in [0.25, 0.3) is 6.23 Å². The molecule has 0 aliphatic rings. The Morgan fingerprint density at radius 3 is 1.90 bits per heavy atom. The molecule has 0 aliphatic heterocycles. The number of ether oxygens (including phenoxy) is 1. The van der Waals surface area contributed by atoms with E-state index in [1.54, 1.807) is 21.1 Å². The number of rotatable bonds is 3. The summed E-state index contributed by atoms with van der Waals surface area (Å²) < 4.78 is 5.02. The molecule has 1 unspecified atom stereocenters. The molecule has 4 heteroatoms. The molecule has 0 bridgehead atoms. The standard InChI is InChI=1S/C6H13NO3/c1-7(2,3)5(10-4)6(8)9/h5H,1-4H3/p+1. The predicted octanol–water partition coefficient (Wildman–Crippen LogP) is -0.250. The van der Waals surface area contributed by atoms with Crippen LogP contribution in [0.5, 0.6) is 0 Å². The lowest BCUT2D eigenvalue weighted by atomic mass is 10.4. The smallest absolute Gasteiger partial charge is 0.392 e. The lowest BCUT2D eigenvalue weighted by molar-refractivity contribution is -0.909. The Kier molecular flexibility index (Phi) is 2.80. The van der Waals surface area contributed by atoms with Crippen LogP contribution in [0.15, 0.2) is 0 Å². The Hall–Kier alpha value is -0.610. The van der Waals surface area contributed by atoms with E-state index in [1.165, 1.54) is 7.11 Å². The van der Waals surface area contributed by atoms with Gasteiger partial charge in [-0.2, -0.15) is 0 Å². The average molecular weight is 148 g/mol. The van der Waals surface area contributed by atoms with Crippen molar-refractivity contribution in [3.63, 3.8) is 0 Å². The molecule has 0 amide bonds. The maximum atomic E-state index is 10.4. The van der Waals surface area contributed by atoms with Gasteiger partial charge in [0.05, 0.1) is 21.1 Å². The molecule has 0 spiro atoms. The van der Waals surface area contributed by atoms with E-state index >= 15 is 0 Å². The van der Waals surface area contributed by atoms with Gasteiger partial charge < -0.3 is 9.84 Å². The number of quaternary nitrogens is 1. The Morgan fingerprint density at radius 1 is 1.50 bits per heavy atom. The normalized spacial score (nSPS) is 14.8. The van der Waals surface area contributed by atoms with Gasteiger partial charge >= 0.3 is 5.97 Å². The van der Waals surface area contributed by atoms with E-state index < -0.39 is 12.2 Å². The van der Waals surface area contributed by atoms with Gasteiger partial charge in [0.1, 0.15) is 0 Å². The number of carbonyl (C=O) groups is 1. The van der Waals surface area contributed by atoms with Gasteiger partial charge in [-0.3, -0.25) is 4.48 Å². The maximum absolute atomic E-state index is 10.4. The van der Waals surface area contributed by atoms with Gasteiger partial charge in [-0.1, -0.05) is 0 Å². The molecule has 0 aromatic rings. The van der Waals surface area contributed by atoms with Crippen molar-refractivity contribution in [1.82, 2.24) is 0 Å². The van der Waals surface area contributed by atoms with Crippen molar-refractivity contribution >= 4 is 5.97 Å². The first-order valence-corrected chi connectivity index (χ1v) is 2.96. The highest BCUT2D eigenvalue weighted by Gasteiger charge is 2.30. The zero-order chi connectivity index (χ0) is 8.36. The largest absolute Gasteiger partial charge is 0.475 e. The molecular weight excluding hydrogens is 134 g/mol. The quantitative estimate of drug-likeness (QED) is 0.443. The van der Waals surface area contributed by atoms with E-state index in [0.717, 1.165) is 0 Å². The number of carboxylic acids is 1. The SMILES string of the molecule is COC(C(=O)O)[N+](C)(C)C. The molecule has 0 saturated heterocycles. The zero-order valence-electron chi connectivity index (χ0n) is 6.79. The number of aliphatic carboxylic acids is 1. The number of hydrogen-bond acceptors (Lipinski definition) is 2. The van der Waals surface area contributed by atoms with Crippen molar-refractivity contribution in [2.75, 3.05) is 28.3 Å². The van der Waals surface area contributed by atoms with E-state index in [0.29, 0.717) is 0 Å². The van der Waals surface area contributed by atoms with Gasteiger partial charge in [-0.05, 0) is 0 Å². The minimum Gasteiger partial charge on any atom is -0.475 e. The summed E-state index contributed by atoms with van der Waals surface area (Å²) >= 11 is 0. The first-order chi connectivity index (χ1) is 4.39. The summed E-state index contributed by atoms with van der Waals surface area (Å²) in [4.78, 5) is 10.4. The second kappa shape index (κ2) is 2.98. The van der Waals surface area contributed by atoms with Crippen LogP contribution in [0.4, 0.5) is 0 Å². The minimum absolute atomic E-state index is 0.270. The van der Waals surface area contributed by atoms with Crippen LogP contribution in [0.1, 0.15) is 0 Å². The molecule has 0 aromatic carbocycles. The molecule has 10 heavy (non-hydrogen) atoms. The van der Waals surface area contributed by atoms with Crippen LogP contribution >= 0.6 is 0 Å². The number of methoxy groups -OCH3 is 1. The Bertz CT molecular complexity index is 127. The minimum atomic E-state index is -0.935. The summed E-state index contributed by atoms with van der Waals surface area (Å²) in [6.07, 6.45) is -0.778. The lowest BCUT2D eigenvalue weighted by Gasteiger charge is -2.28. The molecule has 0 aliphatic carbocycles. The summed E-state index contributed by atoms with van der Waals surface area (Å²) in [7, 11) is 6.69. The van der Waals surface area contributed by atoms with E-state index in [2.05, 4.69) is 0 Å². The first-order valence-electron chi connectivity index (χ1n) is 2.96. The second-order valence-corrected chi connectivity index (χ2v) is 3.04. The molecule has 0 rings (SSSR count). The Labute approximate surface area is 60.6 Å². The van der Waals surface area contributed by atoms with Gasteiger partial charge in [0, 0.05) is 7.11 Å². The number of carboxylic acid groups (broad SMARTS) is 1. The third-order valence-electron chi connectivity index (χ3n) is 1.14. The van der Waals surface area contributed by atoms with E-state index in [4.69, 9.17) is 9.84 Å². The fourth-order valence-corrected chi connectivity index (χ4v) is 0.748. The fraction of sp³-hybridized carbons (Fsp3) is 0.833. The highest BCUT2D eigenvalue weighted by molar-refractivity contribution is 5.70. The van der Waals surface area contributed by atoms with Gasteiger partial charge in [0.15, 0.2) is 0 Å². The predicted molar refractivity (Wildman–Crippen MR) is 36.5 cm³/mol. The highest BCUT2D eigenvalue weighted by Crippen LogP contribution is 2.02. The van der Waals surface area contributed by atoms with Crippen LogP contribution in [-0.2, 0) is 9.53 Å². The molecule has 0 fully saturated rings. The van der Waals surface area contributed by atoms with Gasteiger partial charge in [-0.15, -0.1) is 0 Å². The van der Waals surface area contributed by atoms with Gasteiger partial charge in [-0.25, -0.2) is 4.79 Å². The molecular formula is C6H14NO3+. The molecule has 4 nitrogen and oxygen atoms in total. The summed E-state index contributed by atoms with van der Waals surface area (Å²) in [5, 5.41) is 8.57. The van der Waals surface area contributed by atoms with Crippen molar-refractivity contribution in [2.24, 2.45) is 0 Å². The van der Waals surface area contributed by atoms with Crippen molar-refractivity contribution < 1.29 is 19.1 Å². The fourth-order valence-electron chi connectivity index (χ4n) is 0.748. The van der Waals surface area contributed by atoms with Crippen molar-refractivity contribution in [3.05, 3.63) is 0 Å². The summed E-state index contributed by atoms with van der Waals surface area (Å²) in [6.45, 7) is 0. The molecule has 0 radical (unpaired) electrons. The van der Waals surface area contributed by atoms with Crippen LogP contribution in [-0.4, -0.2) is 50.0 Å². The van der Waals surface area contributed by atoms with E-state index in [1.807, 2.05) is 0 Å². The molecule has 1 N–H and O–H groups in total. The van der Waals surface area contributed by atoms with E-state index in [-0.39, 0.29) is 4.48 Å². The monoisotopic (exact) mass is 148 g/mol. The maximum Gasteiger partial charge on any atom is 0.392 e. The lowest BCUT2D eigenvalue weighted by Crippen LogP contribution is -2.50. The van der Waals surface area contributed by atoms with Crippen LogP contribution in [0.2, 0.25) is 0 Å². The van der Waals surface area contributed by atoms with Crippen molar-refractivity contribution in [2.45, 2.75) is 6.23 Å². The van der Waals surface area contributed by atoms with E-state index in [9.17, 15) is 4.79 Å². The molecule has 1 atom stereocenters. The third-order valence-corrected chi connectivity index (χ3v) is 1.14. The summed E-state index contributed by atoms with van der Waals surface area (Å²) in [6, 6.07) is 0. The second-order valence-electron chi connectivity index (χ2n) is 3.04. The van der Waals surface area contributed by atoms with Gasteiger partial charge in [0.2, 0.25) is 0 Å². The van der Waals surface area contributed by atoms with Crippen molar-refractivity contribution in [1.29, 1.82) is 0 Å². The zero-order valence-corrected chi connectivity index (χ0v) is 6.79. The van der Waals surface area contributed by atoms with Crippen LogP contribution in [0, 0.1) is 0 Å². The topological polar surface area (TPSA) is 46.5 Å². The van der Waals surface area contributed by atoms with Crippen LogP contribution < -0.4 is 0 Å². The highest BCUT2D eigenvalue weighted by atomic mass is 16.5. The Balaban J connectivity index is 4.22. The molecule has 0 saturated carbocycles. The Morgan fingerprint density at radius 2 is 1.90 bits per heavy atom.